The molecule has 3 N–H and O–H groups in total. The van der Waals surface area contributed by atoms with Crippen molar-refractivity contribution in [1.82, 2.24) is 14.2 Å². The lowest BCUT2D eigenvalue weighted by molar-refractivity contribution is 0.0992. The van der Waals surface area contributed by atoms with E-state index in [1.807, 2.05) is 0 Å². The van der Waals surface area contributed by atoms with Crippen LogP contribution in [0, 0.1) is 0 Å². The minimum Gasteiger partial charge on any atom is -0.364 e. The minimum absolute atomic E-state index is 0. The van der Waals surface area contributed by atoms with Gasteiger partial charge in [-0.2, -0.15) is 4.31 Å². The van der Waals surface area contributed by atoms with Crippen LogP contribution in [0.2, 0.25) is 0 Å². The summed E-state index contributed by atoms with van der Waals surface area (Å²) in [6, 6.07) is 1.29. The lowest BCUT2D eigenvalue weighted by Crippen LogP contribution is -2.32. The van der Waals surface area contributed by atoms with Gasteiger partial charge in [0.05, 0.1) is 0 Å². The number of nitrogens with zero attached hydrogens (tertiary/aromatic N) is 2. The first-order valence-corrected chi connectivity index (χ1v) is 6.81. The van der Waals surface area contributed by atoms with Crippen LogP contribution >= 0.6 is 12.4 Å². The number of carbonyl (C=O) groups excluding carboxylic acids is 1. The average Bonchev–Trinajstić information content (AvgIpc) is 2.68. The summed E-state index contributed by atoms with van der Waals surface area (Å²) in [6.07, 6.45) is 1.38. The van der Waals surface area contributed by atoms with Crippen LogP contribution in [0.4, 0.5) is 0 Å². The molecule has 1 heterocycles. The van der Waals surface area contributed by atoms with Crippen LogP contribution in [0.15, 0.2) is 17.2 Å². The Labute approximate surface area is 119 Å². The highest BCUT2D eigenvalue weighted by Crippen LogP contribution is 2.16. The van der Waals surface area contributed by atoms with Crippen molar-refractivity contribution in [2.45, 2.75) is 4.90 Å². The first kappa shape index (κ1) is 17.9. The third-order valence-electron chi connectivity index (χ3n) is 2.62. The van der Waals surface area contributed by atoms with Gasteiger partial charge in [-0.15, -0.1) is 12.4 Å². The van der Waals surface area contributed by atoms with Gasteiger partial charge >= 0.3 is 0 Å². The van der Waals surface area contributed by atoms with E-state index in [1.54, 1.807) is 14.1 Å². The zero-order valence-corrected chi connectivity index (χ0v) is 12.7. The quantitative estimate of drug-likeness (QED) is 0.732. The number of aryl methyl sites for hydroxylation is 1. The predicted molar refractivity (Wildman–Crippen MR) is 74.9 cm³/mol. The summed E-state index contributed by atoms with van der Waals surface area (Å²) in [6.45, 7) is 0.894. The smallest absolute Gasteiger partial charge is 0.265 e. The van der Waals surface area contributed by atoms with E-state index >= 15 is 0 Å². The molecule has 0 unspecified atom stereocenters. The van der Waals surface area contributed by atoms with Gasteiger partial charge in [0.2, 0.25) is 10.0 Å². The number of halogens is 1. The van der Waals surface area contributed by atoms with Crippen LogP contribution in [0.25, 0.3) is 0 Å². The molecule has 0 aliphatic carbocycles. The minimum atomic E-state index is -3.58. The van der Waals surface area contributed by atoms with E-state index in [-0.39, 0.29) is 23.0 Å². The molecule has 0 radical (unpaired) electrons. The Bertz CT molecular complexity index is 541. The van der Waals surface area contributed by atoms with Gasteiger partial charge < -0.3 is 15.6 Å². The Morgan fingerprint density at radius 2 is 2.11 bits per heavy atom. The summed E-state index contributed by atoms with van der Waals surface area (Å²) >= 11 is 0. The van der Waals surface area contributed by atoms with Gasteiger partial charge in [-0.25, -0.2) is 8.42 Å². The van der Waals surface area contributed by atoms with Crippen LogP contribution < -0.4 is 11.1 Å². The molecule has 19 heavy (non-hydrogen) atoms. The molecule has 1 amide bonds. The van der Waals surface area contributed by atoms with Crippen LogP contribution in [-0.2, 0) is 17.1 Å². The molecule has 7 nitrogen and oxygen atoms in total. The number of hydrogen-bond acceptors (Lipinski definition) is 4. The van der Waals surface area contributed by atoms with E-state index in [2.05, 4.69) is 5.32 Å². The second-order valence-electron chi connectivity index (χ2n) is 3.97. The molecule has 1 aromatic heterocycles. The molecule has 110 valence electrons. The van der Waals surface area contributed by atoms with Crippen molar-refractivity contribution in [3.8, 4) is 0 Å². The molecule has 1 rings (SSSR count). The van der Waals surface area contributed by atoms with Crippen molar-refractivity contribution in [3.63, 3.8) is 0 Å². The fourth-order valence-electron chi connectivity index (χ4n) is 1.49. The van der Waals surface area contributed by atoms with Gasteiger partial charge in [0.1, 0.15) is 10.6 Å². The number of sulfonamides is 1. The SMILES string of the molecule is CNCCN(C)S(=O)(=O)c1cc(C(N)=O)n(C)c1.Cl. The maximum Gasteiger partial charge on any atom is 0.265 e. The molecule has 0 saturated heterocycles. The van der Waals surface area contributed by atoms with E-state index in [0.717, 1.165) is 0 Å². The van der Waals surface area contributed by atoms with Gasteiger partial charge in [-0.05, 0) is 13.1 Å². The van der Waals surface area contributed by atoms with Crippen molar-refractivity contribution in [1.29, 1.82) is 0 Å². The number of aromatic nitrogens is 1. The highest BCUT2D eigenvalue weighted by molar-refractivity contribution is 7.89. The van der Waals surface area contributed by atoms with Gasteiger partial charge in [-0.1, -0.05) is 0 Å². The zero-order chi connectivity index (χ0) is 13.9. The highest BCUT2D eigenvalue weighted by Gasteiger charge is 2.23. The van der Waals surface area contributed by atoms with E-state index in [9.17, 15) is 13.2 Å². The second kappa shape index (κ2) is 6.90. The van der Waals surface area contributed by atoms with Gasteiger partial charge in [0.25, 0.3) is 5.91 Å². The number of primary amides is 1. The molecular formula is C10H19ClN4O3S. The van der Waals surface area contributed by atoms with Gasteiger partial charge in [0.15, 0.2) is 0 Å². The standard InChI is InChI=1S/C10H18N4O3S.ClH/c1-12-4-5-14(3)18(16,17)8-6-9(10(11)15)13(2)7-8;/h6-7,12H,4-5H2,1-3H3,(H2,11,15);1H. The highest BCUT2D eigenvalue weighted by atomic mass is 35.5. The van der Waals surface area contributed by atoms with E-state index in [4.69, 9.17) is 5.73 Å². The number of rotatable bonds is 6. The lowest BCUT2D eigenvalue weighted by Gasteiger charge is -2.15. The summed E-state index contributed by atoms with van der Waals surface area (Å²) in [4.78, 5) is 11.2. The fraction of sp³-hybridized carbons (Fsp3) is 0.500. The Balaban J connectivity index is 0.00000324. The number of nitrogens with one attached hydrogen (secondary N) is 1. The maximum atomic E-state index is 12.2. The average molecular weight is 311 g/mol. The third kappa shape index (κ3) is 3.93. The van der Waals surface area contributed by atoms with Crippen molar-refractivity contribution in [3.05, 3.63) is 18.0 Å². The molecule has 0 aromatic carbocycles. The number of amides is 1. The molecule has 0 atom stereocenters. The largest absolute Gasteiger partial charge is 0.364 e. The monoisotopic (exact) mass is 310 g/mol. The third-order valence-corrected chi connectivity index (χ3v) is 4.44. The normalized spacial score (nSPS) is 11.4. The Morgan fingerprint density at radius 3 is 2.53 bits per heavy atom. The molecule has 1 aromatic rings. The van der Waals surface area contributed by atoms with E-state index in [0.29, 0.717) is 13.1 Å². The summed E-state index contributed by atoms with van der Waals surface area (Å²) < 4.78 is 26.9. The first-order valence-electron chi connectivity index (χ1n) is 5.37. The molecule has 0 saturated carbocycles. The predicted octanol–water partition coefficient (Wildman–Crippen LogP) is -0.614. The van der Waals surface area contributed by atoms with Crippen molar-refractivity contribution in [2.75, 3.05) is 27.2 Å². The van der Waals surface area contributed by atoms with Gasteiger partial charge in [0, 0.05) is 33.4 Å². The molecule has 0 fully saturated rings. The van der Waals surface area contributed by atoms with Crippen LogP contribution in [0.3, 0.4) is 0 Å². The van der Waals surface area contributed by atoms with Crippen LogP contribution in [0.1, 0.15) is 10.5 Å². The summed E-state index contributed by atoms with van der Waals surface area (Å²) in [7, 11) is 1.23. The number of hydrogen-bond donors (Lipinski definition) is 2. The zero-order valence-electron chi connectivity index (χ0n) is 11.1. The van der Waals surface area contributed by atoms with E-state index < -0.39 is 15.9 Å². The Hall–Kier alpha value is -1.09. The number of carbonyl (C=O) groups is 1. The number of nitrogens with two attached hydrogens (primary N) is 1. The Morgan fingerprint density at radius 1 is 1.53 bits per heavy atom. The molecule has 0 aliphatic rings. The molecule has 0 bridgehead atoms. The maximum absolute atomic E-state index is 12.2. The fourth-order valence-corrected chi connectivity index (χ4v) is 2.73. The van der Waals surface area contributed by atoms with Crippen LogP contribution in [0.5, 0.6) is 0 Å². The summed E-state index contributed by atoms with van der Waals surface area (Å²) in [5, 5.41) is 2.87. The topological polar surface area (TPSA) is 97.4 Å². The summed E-state index contributed by atoms with van der Waals surface area (Å²) in [5.74, 6) is -0.656. The molecular weight excluding hydrogens is 292 g/mol. The number of likely N-dealkylation sites (N-methyl/N-ethyl adjacent to an activating group) is 2. The van der Waals surface area contributed by atoms with Gasteiger partial charge in [-0.3, -0.25) is 4.79 Å². The Kier molecular flexibility index (Phi) is 6.50. The van der Waals surface area contributed by atoms with Crippen molar-refractivity contribution >= 4 is 28.3 Å². The first-order chi connectivity index (χ1) is 8.30. The lowest BCUT2D eigenvalue weighted by atomic mass is 10.4. The molecule has 0 aliphatic heterocycles. The van der Waals surface area contributed by atoms with Crippen LogP contribution in [-0.4, -0.2) is 50.4 Å². The van der Waals surface area contributed by atoms with Crippen molar-refractivity contribution < 1.29 is 13.2 Å². The molecule has 0 spiro atoms. The summed E-state index contributed by atoms with van der Waals surface area (Å²) in [5.41, 5.74) is 5.31. The van der Waals surface area contributed by atoms with Crippen molar-refractivity contribution in [2.24, 2.45) is 12.8 Å². The second-order valence-corrected chi connectivity index (χ2v) is 6.01. The molecule has 9 heteroatoms. The van der Waals surface area contributed by atoms with E-state index in [1.165, 1.54) is 28.2 Å².